The van der Waals surface area contributed by atoms with Gasteiger partial charge in [0.25, 0.3) is 0 Å². The predicted molar refractivity (Wildman–Crippen MR) is 66.5 cm³/mol. The average Bonchev–Trinajstić information content (AvgIpc) is 2.66. The van der Waals surface area contributed by atoms with Crippen LogP contribution in [0.15, 0.2) is 12.1 Å². The van der Waals surface area contributed by atoms with Gasteiger partial charge in [-0.1, -0.05) is 13.8 Å². The molecular formula is C12H21NOS. The third-order valence-electron chi connectivity index (χ3n) is 2.73. The maximum atomic E-state index is 6.27. The van der Waals surface area contributed by atoms with Gasteiger partial charge in [0.2, 0.25) is 0 Å². The van der Waals surface area contributed by atoms with Gasteiger partial charge in [0.1, 0.15) is 0 Å². The molecule has 0 amide bonds. The van der Waals surface area contributed by atoms with Crippen LogP contribution in [0.3, 0.4) is 0 Å². The van der Waals surface area contributed by atoms with Crippen LogP contribution in [-0.2, 0) is 17.6 Å². The molecule has 0 spiro atoms. The monoisotopic (exact) mass is 227 g/mol. The number of methoxy groups -OCH3 is 1. The molecule has 1 rings (SSSR count). The Hall–Kier alpha value is -0.380. The second-order valence-corrected chi connectivity index (χ2v) is 5.30. The molecule has 3 heteroatoms. The molecule has 0 aliphatic rings. The standard InChI is InChI=1S/C12H21NOS/c1-4-10-6-7-11(15-10)8-12(13,5-2)9-14-3/h6-7H,4-5,8-9,13H2,1-3H3. The first kappa shape index (κ1) is 12.7. The molecule has 1 atom stereocenters. The number of hydrogen-bond acceptors (Lipinski definition) is 3. The quantitative estimate of drug-likeness (QED) is 0.811. The van der Waals surface area contributed by atoms with Crippen LogP contribution in [0.25, 0.3) is 0 Å². The van der Waals surface area contributed by atoms with Crippen molar-refractivity contribution in [2.45, 2.75) is 38.6 Å². The van der Waals surface area contributed by atoms with Gasteiger partial charge < -0.3 is 10.5 Å². The lowest BCUT2D eigenvalue weighted by Crippen LogP contribution is -2.45. The molecule has 1 aromatic heterocycles. The normalized spacial score (nSPS) is 15.2. The largest absolute Gasteiger partial charge is 0.383 e. The zero-order valence-corrected chi connectivity index (χ0v) is 10.7. The Morgan fingerprint density at radius 2 is 2.00 bits per heavy atom. The smallest absolute Gasteiger partial charge is 0.0645 e. The number of hydrogen-bond donors (Lipinski definition) is 1. The number of nitrogens with two attached hydrogens (primary N) is 1. The van der Waals surface area contributed by atoms with Gasteiger partial charge in [0.05, 0.1) is 6.61 Å². The lowest BCUT2D eigenvalue weighted by atomic mass is 9.93. The number of aryl methyl sites for hydroxylation is 1. The van der Waals surface area contributed by atoms with Crippen LogP contribution >= 0.6 is 11.3 Å². The molecule has 1 aromatic rings. The molecule has 0 saturated carbocycles. The summed E-state index contributed by atoms with van der Waals surface area (Å²) in [7, 11) is 1.71. The van der Waals surface area contributed by atoms with Crippen molar-refractivity contribution in [2.75, 3.05) is 13.7 Å². The summed E-state index contributed by atoms with van der Waals surface area (Å²) in [5, 5.41) is 0. The Labute approximate surface area is 96.4 Å². The Morgan fingerprint density at radius 1 is 1.33 bits per heavy atom. The molecule has 15 heavy (non-hydrogen) atoms. The molecule has 1 heterocycles. The van der Waals surface area contributed by atoms with Crippen molar-refractivity contribution >= 4 is 11.3 Å². The topological polar surface area (TPSA) is 35.2 Å². The van der Waals surface area contributed by atoms with E-state index in [0.717, 1.165) is 19.3 Å². The van der Waals surface area contributed by atoms with E-state index in [9.17, 15) is 0 Å². The predicted octanol–water partition coefficient (Wildman–Crippen LogP) is 2.61. The molecule has 0 aliphatic carbocycles. The molecule has 0 aliphatic heterocycles. The van der Waals surface area contributed by atoms with E-state index >= 15 is 0 Å². The first-order valence-electron chi connectivity index (χ1n) is 5.49. The van der Waals surface area contributed by atoms with E-state index in [-0.39, 0.29) is 5.54 Å². The minimum Gasteiger partial charge on any atom is -0.383 e. The first-order chi connectivity index (χ1) is 7.13. The Morgan fingerprint density at radius 3 is 2.47 bits per heavy atom. The fourth-order valence-electron chi connectivity index (χ4n) is 1.62. The third-order valence-corrected chi connectivity index (χ3v) is 3.96. The fraction of sp³-hybridized carbons (Fsp3) is 0.667. The highest BCUT2D eigenvalue weighted by Gasteiger charge is 2.23. The van der Waals surface area contributed by atoms with Crippen LogP contribution in [0.2, 0.25) is 0 Å². The zero-order valence-electron chi connectivity index (χ0n) is 9.88. The molecule has 0 bridgehead atoms. The highest BCUT2D eigenvalue weighted by molar-refractivity contribution is 7.12. The van der Waals surface area contributed by atoms with Crippen molar-refractivity contribution < 1.29 is 4.74 Å². The van der Waals surface area contributed by atoms with Gasteiger partial charge in [-0.25, -0.2) is 0 Å². The van der Waals surface area contributed by atoms with Crippen molar-refractivity contribution in [2.24, 2.45) is 5.73 Å². The molecule has 2 nitrogen and oxygen atoms in total. The molecule has 1 unspecified atom stereocenters. The van der Waals surface area contributed by atoms with Crippen molar-refractivity contribution in [3.63, 3.8) is 0 Å². The van der Waals surface area contributed by atoms with Crippen molar-refractivity contribution in [3.8, 4) is 0 Å². The summed E-state index contributed by atoms with van der Waals surface area (Å²) in [5.74, 6) is 0. The van der Waals surface area contributed by atoms with Gasteiger partial charge in [0.15, 0.2) is 0 Å². The molecule has 0 aromatic carbocycles. The van der Waals surface area contributed by atoms with Crippen molar-refractivity contribution in [1.82, 2.24) is 0 Å². The fourth-order valence-corrected chi connectivity index (χ4v) is 2.73. The van der Waals surface area contributed by atoms with Gasteiger partial charge in [0, 0.05) is 28.8 Å². The number of ether oxygens (including phenoxy) is 1. The third kappa shape index (κ3) is 3.59. The van der Waals surface area contributed by atoms with Crippen LogP contribution in [0.4, 0.5) is 0 Å². The average molecular weight is 227 g/mol. The lowest BCUT2D eigenvalue weighted by Gasteiger charge is -2.26. The molecule has 2 N–H and O–H groups in total. The minimum atomic E-state index is -0.204. The molecule has 0 saturated heterocycles. The van der Waals surface area contributed by atoms with Gasteiger partial charge in [-0.2, -0.15) is 0 Å². The summed E-state index contributed by atoms with van der Waals surface area (Å²) >= 11 is 1.87. The van der Waals surface area contributed by atoms with E-state index in [0.29, 0.717) is 6.61 Å². The number of rotatable bonds is 6. The van der Waals surface area contributed by atoms with Crippen LogP contribution in [0.1, 0.15) is 30.0 Å². The van der Waals surface area contributed by atoms with Gasteiger partial charge in [-0.3, -0.25) is 0 Å². The van der Waals surface area contributed by atoms with E-state index in [4.69, 9.17) is 10.5 Å². The van der Waals surface area contributed by atoms with Gasteiger partial charge in [-0.05, 0) is 25.0 Å². The summed E-state index contributed by atoms with van der Waals surface area (Å²) in [5.41, 5.74) is 6.07. The van der Waals surface area contributed by atoms with Crippen LogP contribution in [0.5, 0.6) is 0 Å². The zero-order chi connectivity index (χ0) is 11.3. The highest BCUT2D eigenvalue weighted by Crippen LogP contribution is 2.22. The maximum absolute atomic E-state index is 6.27. The summed E-state index contributed by atoms with van der Waals surface area (Å²) in [6.45, 7) is 4.93. The molecule has 0 radical (unpaired) electrons. The molecule has 0 fully saturated rings. The minimum absolute atomic E-state index is 0.204. The van der Waals surface area contributed by atoms with Gasteiger partial charge in [-0.15, -0.1) is 11.3 Å². The molecular weight excluding hydrogens is 206 g/mol. The van der Waals surface area contributed by atoms with E-state index in [1.165, 1.54) is 9.75 Å². The highest BCUT2D eigenvalue weighted by atomic mass is 32.1. The number of thiophene rings is 1. The van der Waals surface area contributed by atoms with Crippen molar-refractivity contribution in [3.05, 3.63) is 21.9 Å². The summed E-state index contributed by atoms with van der Waals surface area (Å²) in [6, 6.07) is 4.39. The SMILES string of the molecule is CCc1ccc(CC(N)(CC)COC)s1. The van der Waals surface area contributed by atoms with E-state index in [1.807, 2.05) is 11.3 Å². The second-order valence-electron chi connectivity index (χ2n) is 4.05. The van der Waals surface area contributed by atoms with E-state index in [2.05, 4.69) is 26.0 Å². The van der Waals surface area contributed by atoms with Crippen LogP contribution < -0.4 is 5.73 Å². The Bertz CT molecular complexity index is 298. The van der Waals surface area contributed by atoms with Crippen LogP contribution in [0, 0.1) is 0 Å². The van der Waals surface area contributed by atoms with E-state index in [1.54, 1.807) is 7.11 Å². The maximum Gasteiger partial charge on any atom is 0.0645 e. The first-order valence-corrected chi connectivity index (χ1v) is 6.30. The summed E-state index contributed by atoms with van der Waals surface area (Å²) in [4.78, 5) is 2.80. The second kappa shape index (κ2) is 5.64. The summed E-state index contributed by atoms with van der Waals surface area (Å²) in [6.07, 6.45) is 2.97. The van der Waals surface area contributed by atoms with Crippen LogP contribution in [-0.4, -0.2) is 19.3 Å². The molecule has 86 valence electrons. The lowest BCUT2D eigenvalue weighted by molar-refractivity contribution is 0.130. The van der Waals surface area contributed by atoms with Gasteiger partial charge >= 0.3 is 0 Å². The summed E-state index contributed by atoms with van der Waals surface area (Å²) < 4.78 is 5.18. The Balaban J connectivity index is 2.65. The van der Waals surface area contributed by atoms with E-state index < -0.39 is 0 Å². The van der Waals surface area contributed by atoms with Crippen molar-refractivity contribution in [1.29, 1.82) is 0 Å². The Kier molecular flexibility index (Phi) is 4.77.